The van der Waals surface area contributed by atoms with E-state index >= 15 is 0 Å². The van der Waals surface area contributed by atoms with Crippen LogP contribution in [0, 0.1) is 10.8 Å². The van der Waals surface area contributed by atoms with Crippen LogP contribution < -0.4 is 0 Å². The van der Waals surface area contributed by atoms with Crippen molar-refractivity contribution >= 4 is 0 Å². The molecule has 0 aromatic carbocycles. The van der Waals surface area contributed by atoms with E-state index in [9.17, 15) is 0 Å². The van der Waals surface area contributed by atoms with Gasteiger partial charge in [-0.3, -0.25) is 0 Å². The lowest BCUT2D eigenvalue weighted by Crippen LogP contribution is -2.41. The zero-order valence-electron chi connectivity index (χ0n) is 9.88. The molecule has 0 aliphatic carbocycles. The number of hydrogen-bond acceptors (Lipinski definition) is 3. The van der Waals surface area contributed by atoms with Gasteiger partial charge in [0, 0.05) is 24.0 Å². The van der Waals surface area contributed by atoms with Gasteiger partial charge in [-0.1, -0.05) is 13.8 Å². The number of ether oxygens (including phenoxy) is 3. The molecular formula is C12H22O3. The molecule has 0 saturated carbocycles. The summed E-state index contributed by atoms with van der Waals surface area (Å²) in [6.07, 6.45) is 2.25. The van der Waals surface area contributed by atoms with Crippen LogP contribution in [0.4, 0.5) is 0 Å². The lowest BCUT2D eigenvalue weighted by molar-refractivity contribution is -0.125. The SMILES string of the molecule is CC1(CCOCCC2(C)COC2)COC1. The van der Waals surface area contributed by atoms with Gasteiger partial charge in [-0.05, 0) is 12.8 Å². The highest BCUT2D eigenvalue weighted by Gasteiger charge is 2.34. The molecule has 3 nitrogen and oxygen atoms in total. The van der Waals surface area contributed by atoms with Crippen LogP contribution in [0.1, 0.15) is 26.7 Å². The van der Waals surface area contributed by atoms with E-state index in [1.54, 1.807) is 0 Å². The van der Waals surface area contributed by atoms with Crippen LogP contribution in [0.15, 0.2) is 0 Å². The summed E-state index contributed by atoms with van der Waals surface area (Å²) >= 11 is 0. The fourth-order valence-electron chi connectivity index (χ4n) is 1.93. The van der Waals surface area contributed by atoms with E-state index in [0.717, 1.165) is 52.5 Å². The molecule has 0 aromatic heterocycles. The van der Waals surface area contributed by atoms with Crippen LogP contribution in [0.2, 0.25) is 0 Å². The third-order valence-electron chi connectivity index (χ3n) is 3.50. The van der Waals surface area contributed by atoms with Crippen molar-refractivity contribution in [2.45, 2.75) is 26.7 Å². The Bertz CT molecular complexity index is 185. The lowest BCUT2D eigenvalue weighted by Gasteiger charge is -2.39. The van der Waals surface area contributed by atoms with Gasteiger partial charge >= 0.3 is 0 Å². The average Bonchev–Trinajstić information content (AvgIpc) is 2.12. The van der Waals surface area contributed by atoms with Crippen molar-refractivity contribution in [2.24, 2.45) is 10.8 Å². The Hall–Kier alpha value is -0.120. The average molecular weight is 214 g/mol. The van der Waals surface area contributed by atoms with Crippen molar-refractivity contribution in [1.82, 2.24) is 0 Å². The highest BCUT2D eigenvalue weighted by Crippen LogP contribution is 2.31. The smallest absolute Gasteiger partial charge is 0.0542 e. The molecule has 2 heterocycles. The molecule has 0 unspecified atom stereocenters. The fourth-order valence-corrected chi connectivity index (χ4v) is 1.93. The molecule has 0 amide bonds. The van der Waals surface area contributed by atoms with Crippen LogP contribution >= 0.6 is 0 Å². The Morgan fingerprint density at radius 2 is 1.27 bits per heavy atom. The molecule has 2 aliphatic rings. The van der Waals surface area contributed by atoms with E-state index in [1.807, 2.05) is 0 Å². The number of hydrogen-bond donors (Lipinski definition) is 0. The maximum atomic E-state index is 5.67. The predicted octanol–water partition coefficient (Wildman–Crippen LogP) is 1.86. The molecule has 15 heavy (non-hydrogen) atoms. The van der Waals surface area contributed by atoms with Crippen molar-refractivity contribution in [2.75, 3.05) is 39.6 Å². The van der Waals surface area contributed by atoms with Gasteiger partial charge in [0.15, 0.2) is 0 Å². The first-order chi connectivity index (χ1) is 7.12. The summed E-state index contributed by atoms with van der Waals surface area (Å²) < 4.78 is 16.1. The molecule has 0 spiro atoms. The van der Waals surface area contributed by atoms with Crippen molar-refractivity contribution in [3.05, 3.63) is 0 Å². The van der Waals surface area contributed by atoms with E-state index < -0.39 is 0 Å². The first-order valence-electron chi connectivity index (χ1n) is 5.85. The topological polar surface area (TPSA) is 27.7 Å². The van der Waals surface area contributed by atoms with Crippen LogP contribution in [-0.4, -0.2) is 39.6 Å². The summed E-state index contributed by atoms with van der Waals surface area (Å²) in [4.78, 5) is 0. The Balaban J connectivity index is 1.48. The summed E-state index contributed by atoms with van der Waals surface area (Å²) in [7, 11) is 0. The van der Waals surface area contributed by atoms with Gasteiger partial charge < -0.3 is 14.2 Å². The van der Waals surface area contributed by atoms with Gasteiger partial charge in [0.1, 0.15) is 0 Å². The largest absolute Gasteiger partial charge is 0.381 e. The quantitative estimate of drug-likeness (QED) is 0.632. The second kappa shape index (κ2) is 4.40. The first-order valence-corrected chi connectivity index (χ1v) is 5.85. The van der Waals surface area contributed by atoms with Gasteiger partial charge in [0.05, 0.1) is 26.4 Å². The normalized spacial score (nSPS) is 26.8. The minimum atomic E-state index is 0.392. The summed E-state index contributed by atoms with van der Waals surface area (Å²) in [6.45, 7) is 9.89. The molecule has 0 aromatic rings. The van der Waals surface area contributed by atoms with Gasteiger partial charge in [0.2, 0.25) is 0 Å². The summed E-state index contributed by atoms with van der Waals surface area (Å²) in [6, 6.07) is 0. The molecule has 88 valence electrons. The lowest BCUT2D eigenvalue weighted by atomic mass is 9.85. The Morgan fingerprint density at radius 3 is 1.53 bits per heavy atom. The minimum Gasteiger partial charge on any atom is -0.381 e. The summed E-state index contributed by atoms with van der Waals surface area (Å²) in [5.74, 6) is 0. The molecular weight excluding hydrogens is 192 g/mol. The molecule has 3 heteroatoms. The van der Waals surface area contributed by atoms with E-state index in [2.05, 4.69) is 13.8 Å². The Labute approximate surface area is 92.1 Å². The van der Waals surface area contributed by atoms with Gasteiger partial charge in [-0.15, -0.1) is 0 Å². The molecule has 2 fully saturated rings. The maximum absolute atomic E-state index is 5.67. The number of rotatable bonds is 6. The molecule has 2 rings (SSSR count). The van der Waals surface area contributed by atoms with Crippen molar-refractivity contribution in [1.29, 1.82) is 0 Å². The Morgan fingerprint density at radius 1 is 0.867 bits per heavy atom. The summed E-state index contributed by atoms with van der Waals surface area (Å²) in [5.41, 5.74) is 0.785. The molecule has 0 atom stereocenters. The molecule has 2 aliphatic heterocycles. The molecule has 0 radical (unpaired) electrons. The van der Waals surface area contributed by atoms with Gasteiger partial charge in [-0.2, -0.15) is 0 Å². The summed E-state index contributed by atoms with van der Waals surface area (Å²) in [5, 5.41) is 0. The van der Waals surface area contributed by atoms with Crippen molar-refractivity contribution in [3.63, 3.8) is 0 Å². The monoisotopic (exact) mass is 214 g/mol. The van der Waals surface area contributed by atoms with Crippen LogP contribution in [0.25, 0.3) is 0 Å². The maximum Gasteiger partial charge on any atom is 0.0542 e. The second-order valence-electron chi connectivity index (χ2n) is 5.72. The third kappa shape index (κ3) is 2.92. The highest BCUT2D eigenvalue weighted by molar-refractivity contribution is 4.81. The third-order valence-corrected chi connectivity index (χ3v) is 3.50. The Kier molecular flexibility index (Phi) is 3.33. The van der Waals surface area contributed by atoms with Crippen LogP contribution in [-0.2, 0) is 14.2 Å². The van der Waals surface area contributed by atoms with Gasteiger partial charge in [-0.25, -0.2) is 0 Å². The van der Waals surface area contributed by atoms with E-state index in [4.69, 9.17) is 14.2 Å². The molecule has 2 saturated heterocycles. The van der Waals surface area contributed by atoms with Crippen LogP contribution in [0.3, 0.4) is 0 Å². The molecule has 0 N–H and O–H groups in total. The zero-order valence-corrected chi connectivity index (χ0v) is 9.88. The van der Waals surface area contributed by atoms with Crippen molar-refractivity contribution < 1.29 is 14.2 Å². The first kappa shape index (κ1) is 11.4. The standard InChI is InChI=1S/C12H22O3/c1-11(7-14-8-11)3-5-13-6-4-12(2)9-15-10-12/h3-10H2,1-2H3. The van der Waals surface area contributed by atoms with Crippen molar-refractivity contribution in [3.8, 4) is 0 Å². The van der Waals surface area contributed by atoms with E-state index in [-0.39, 0.29) is 0 Å². The zero-order chi connectivity index (χ0) is 10.8. The predicted molar refractivity (Wildman–Crippen MR) is 57.9 cm³/mol. The van der Waals surface area contributed by atoms with E-state index in [1.165, 1.54) is 0 Å². The van der Waals surface area contributed by atoms with E-state index in [0.29, 0.717) is 10.8 Å². The highest BCUT2D eigenvalue weighted by atomic mass is 16.5. The minimum absolute atomic E-state index is 0.392. The van der Waals surface area contributed by atoms with Gasteiger partial charge in [0.25, 0.3) is 0 Å². The fraction of sp³-hybridized carbons (Fsp3) is 1.00. The molecule has 0 bridgehead atoms. The van der Waals surface area contributed by atoms with Crippen LogP contribution in [0.5, 0.6) is 0 Å². The second-order valence-corrected chi connectivity index (χ2v) is 5.72.